The third-order valence-electron chi connectivity index (χ3n) is 3.72. The molecule has 1 aliphatic heterocycles. The zero-order valence-electron chi connectivity index (χ0n) is 10.9. The van der Waals surface area contributed by atoms with E-state index in [1.807, 2.05) is 6.07 Å². The number of nitrogens with one attached hydrogen (secondary N) is 1. The number of phenols is 1. The third-order valence-corrected chi connectivity index (χ3v) is 3.72. The fourth-order valence-electron chi connectivity index (χ4n) is 2.54. The summed E-state index contributed by atoms with van der Waals surface area (Å²) >= 11 is 0. The van der Waals surface area contributed by atoms with E-state index in [1.54, 1.807) is 6.07 Å². The maximum absolute atomic E-state index is 9.98. The second-order valence-corrected chi connectivity index (χ2v) is 4.88. The Bertz CT molecular complexity index is 388. The van der Waals surface area contributed by atoms with E-state index in [0.717, 1.165) is 25.2 Å². The molecular formula is C14H22N2O. The maximum atomic E-state index is 9.98. The molecule has 1 aromatic carbocycles. The van der Waals surface area contributed by atoms with Gasteiger partial charge in [0.2, 0.25) is 0 Å². The van der Waals surface area contributed by atoms with Crippen molar-refractivity contribution >= 4 is 0 Å². The number of phenolic OH excluding ortho intramolecular Hbond substituents is 1. The Kier molecular flexibility index (Phi) is 3.69. The van der Waals surface area contributed by atoms with Gasteiger partial charge in [-0.1, -0.05) is 24.6 Å². The quantitative estimate of drug-likeness (QED) is 0.837. The van der Waals surface area contributed by atoms with Gasteiger partial charge < -0.3 is 10.4 Å². The van der Waals surface area contributed by atoms with Gasteiger partial charge in [-0.2, -0.15) is 0 Å². The molecule has 3 heteroatoms. The molecule has 2 N–H and O–H groups in total. The summed E-state index contributed by atoms with van der Waals surface area (Å²) in [7, 11) is 0. The van der Waals surface area contributed by atoms with Crippen LogP contribution in [0.2, 0.25) is 0 Å². The molecule has 0 radical (unpaired) electrons. The van der Waals surface area contributed by atoms with Crippen LogP contribution in [0.5, 0.6) is 5.75 Å². The minimum atomic E-state index is 0.270. The first-order chi connectivity index (χ1) is 8.13. The highest BCUT2D eigenvalue weighted by Gasteiger charge is 2.28. The van der Waals surface area contributed by atoms with Crippen LogP contribution in [0.1, 0.15) is 31.0 Å². The van der Waals surface area contributed by atoms with Crippen molar-refractivity contribution in [1.82, 2.24) is 10.2 Å². The molecule has 94 valence electrons. The average Bonchev–Trinajstić information content (AvgIpc) is 2.25. The van der Waals surface area contributed by atoms with Gasteiger partial charge in [0.25, 0.3) is 0 Å². The Morgan fingerprint density at radius 2 is 2.18 bits per heavy atom. The molecule has 1 fully saturated rings. The molecule has 1 aromatic rings. The van der Waals surface area contributed by atoms with Crippen LogP contribution in [0.25, 0.3) is 0 Å². The zero-order valence-corrected chi connectivity index (χ0v) is 10.9. The topological polar surface area (TPSA) is 35.5 Å². The number of hydrogen-bond acceptors (Lipinski definition) is 3. The zero-order chi connectivity index (χ0) is 12.4. The van der Waals surface area contributed by atoms with E-state index in [-0.39, 0.29) is 6.04 Å². The van der Waals surface area contributed by atoms with Crippen molar-refractivity contribution in [3.8, 4) is 5.75 Å². The van der Waals surface area contributed by atoms with Crippen molar-refractivity contribution < 1.29 is 5.11 Å². The summed E-state index contributed by atoms with van der Waals surface area (Å²) in [6.07, 6.45) is 0. The lowest BCUT2D eigenvalue weighted by Gasteiger charge is -2.41. The molecule has 0 amide bonds. The summed E-state index contributed by atoms with van der Waals surface area (Å²) in [6, 6.07) is 6.72. The summed E-state index contributed by atoms with van der Waals surface area (Å²) in [4.78, 5) is 2.45. The van der Waals surface area contributed by atoms with Crippen LogP contribution in [0.4, 0.5) is 0 Å². The van der Waals surface area contributed by atoms with Crippen LogP contribution in [0.3, 0.4) is 0 Å². The van der Waals surface area contributed by atoms with Crippen LogP contribution in [-0.2, 0) is 0 Å². The van der Waals surface area contributed by atoms with Gasteiger partial charge in [-0.05, 0) is 26.5 Å². The summed E-state index contributed by atoms with van der Waals surface area (Å²) in [5.74, 6) is 0.411. The van der Waals surface area contributed by atoms with Crippen molar-refractivity contribution in [3.63, 3.8) is 0 Å². The van der Waals surface area contributed by atoms with Crippen molar-refractivity contribution in [2.24, 2.45) is 0 Å². The van der Waals surface area contributed by atoms with Gasteiger partial charge in [0.1, 0.15) is 5.75 Å². The molecule has 1 atom stereocenters. The monoisotopic (exact) mass is 234 g/mol. The van der Waals surface area contributed by atoms with Crippen LogP contribution >= 0.6 is 0 Å². The molecule has 1 heterocycles. The summed E-state index contributed by atoms with van der Waals surface area (Å²) in [5.41, 5.74) is 2.24. The predicted octanol–water partition coefficient (Wildman–Crippen LogP) is 2.06. The molecule has 0 saturated carbocycles. The van der Waals surface area contributed by atoms with Gasteiger partial charge in [-0.3, -0.25) is 4.90 Å². The molecule has 1 aliphatic rings. The van der Waals surface area contributed by atoms with Gasteiger partial charge in [-0.15, -0.1) is 0 Å². The lowest BCUT2D eigenvalue weighted by atomic mass is 10.00. The Morgan fingerprint density at radius 1 is 1.47 bits per heavy atom. The Morgan fingerprint density at radius 3 is 2.71 bits per heavy atom. The number of benzene rings is 1. The van der Waals surface area contributed by atoms with Crippen LogP contribution in [-0.4, -0.2) is 35.7 Å². The van der Waals surface area contributed by atoms with Crippen LogP contribution in [0, 0.1) is 6.92 Å². The van der Waals surface area contributed by atoms with E-state index in [0.29, 0.717) is 11.8 Å². The van der Waals surface area contributed by atoms with E-state index in [4.69, 9.17) is 0 Å². The molecule has 2 rings (SSSR count). The van der Waals surface area contributed by atoms with E-state index in [1.165, 1.54) is 5.56 Å². The first kappa shape index (κ1) is 12.4. The van der Waals surface area contributed by atoms with Crippen LogP contribution < -0.4 is 5.32 Å². The lowest BCUT2D eigenvalue weighted by molar-refractivity contribution is 0.108. The molecule has 0 spiro atoms. The highest BCUT2D eigenvalue weighted by atomic mass is 16.3. The SMILES string of the molecule is CCN(C1CNC1)C(C)c1cc(C)ccc1O. The van der Waals surface area contributed by atoms with E-state index in [9.17, 15) is 5.11 Å². The van der Waals surface area contributed by atoms with Crippen molar-refractivity contribution in [3.05, 3.63) is 29.3 Å². The number of aryl methyl sites for hydroxylation is 1. The largest absolute Gasteiger partial charge is 0.508 e. The van der Waals surface area contributed by atoms with E-state index >= 15 is 0 Å². The number of aromatic hydroxyl groups is 1. The van der Waals surface area contributed by atoms with Crippen molar-refractivity contribution in [1.29, 1.82) is 0 Å². The highest BCUT2D eigenvalue weighted by molar-refractivity contribution is 5.37. The van der Waals surface area contributed by atoms with Crippen molar-refractivity contribution in [2.75, 3.05) is 19.6 Å². The van der Waals surface area contributed by atoms with Gasteiger partial charge in [-0.25, -0.2) is 0 Å². The van der Waals surface area contributed by atoms with Gasteiger partial charge in [0.05, 0.1) is 0 Å². The lowest BCUT2D eigenvalue weighted by Crippen LogP contribution is -2.57. The third kappa shape index (κ3) is 2.45. The summed E-state index contributed by atoms with van der Waals surface area (Å²) < 4.78 is 0. The van der Waals surface area contributed by atoms with Gasteiger partial charge in [0.15, 0.2) is 0 Å². The molecule has 3 nitrogen and oxygen atoms in total. The maximum Gasteiger partial charge on any atom is 0.120 e. The first-order valence-electron chi connectivity index (χ1n) is 6.39. The van der Waals surface area contributed by atoms with Gasteiger partial charge in [0, 0.05) is 30.7 Å². The summed E-state index contributed by atoms with van der Waals surface area (Å²) in [6.45, 7) is 9.56. The number of likely N-dealkylation sites (N-methyl/N-ethyl adjacent to an activating group) is 1. The van der Waals surface area contributed by atoms with Crippen molar-refractivity contribution in [2.45, 2.75) is 32.9 Å². The average molecular weight is 234 g/mol. The van der Waals surface area contributed by atoms with Crippen LogP contribution in [0.15, 0.2) is 18.2 Å². The molecule has 17 heavy (non-hydrogen) atoms. The fourth-order valence-corrected chi connectivity index (χ4v) is 2.54. The standard InChI is InChI=1S/C14H22N2O/c1-4-16(12-8-15-9-12)11(3)13-7-10(2)5-6-14(13)17/h5-7,11-12,15,17H,4,8-9H2,1-3H3. The fraction of sp³-hybridized carbons (Fsp3) is 0.571. The molecule has 0 bridgehead atoms. The second kappa shape index (κ2) is 5.07. The molecule has 1 saturated heterocycles. The molecular weight excluding hydrogens is 212 g/mol. The molecule has 0 aliphatic carbocycles. The molecule has 0 aromatic heterocycles. The number of nitrogens with zero attached hydrogens (tertiary/aromatic N) is 1. The Balaban J connectivity index is 2.21. The first-order valence-corrected chi connectivity index (χ1v) is 6.39. The normalized spacial score (nSPS) is 18.1. The van der Waals surface area contributed by atoms with E-state index < -0.39 is 0 Å². The molecule has 1 unspecified atom stereocenters. The Hall–Kier alpha value is -1.06. The Labute approximate surface area is 103 Å². The number of hydrogen-bond donors (Lipinski definition) is 2. The highest BCUT2D eigenvalue weighted by Crippen LogP contribution is 2.30. The predicted molar refractivity (Wildman–Crippen MR) is 70.3 cm³/mol. The minimum absolute atomic E-state index is 0.270. The minimum Gasteiger partial charge on any atom is -0.508 e. The van der Waals surface area contributed by atoms with Gasteiger partial charge >= 0.3 is 0 Å². The smallest absolute Gasteiger partial charge is 0.120 e. The second-order valence-electron chi connectivity index (χ2n) is 4.88. The number of rotatable bonds is 4. The van der Waals surface area contributed by atoms with E-state index in [2.05, 4.69) is 37.1 Å². The summed E-state index contributed by atoms with van der Waals surface area (Å²) in [5, 5.41) is 13.3.